The van der Waals surface area contributed by atoms with Crippen LogP contribution in [-0.4, -0.2) is 36.6 Å². The molecule has 1 aromatic heterocycles. The number of nitrogens with zero attached hydrogens (tertiary/aromatic N) is 2. The quantitative estimate of drug-likeness (QED) is 0.915. The Bertz CT molecular complexity index is 628. The summed E-state index contributed by atoms with van der Waals surface area (Å²) in [5.74, 6) is 0.654. The van der Waals surface area contributed by atoms with E-state index in [1.807, 2.05) is 12.3 Å². The van der Waals surface area contributed by atoms with Crippen LogP contribution >= 0.6 is 15.9 Å². The molecule has 4 heteroatoms. The smallest absolute Gasteiger partial charge is 0.0761 e. The Labute approximate surface area is 134 Å². The van der Waals surface area contributed by atoms with Crippen LogP contribution in [0.2, 0.25) is 0 Å². The number of halogens is 1. The molecule has 1 aliphatic heterocycles. The average molecular weight is 348 g/mol. The number of likely N-dealkylation sites (tertiary alicyclic amines) is 1. The largest absolute Gasteiger partial charge is 0.317 e. The van der Waals surface area contributed by atoms with E-state index in [1.165, 1.54) is 17.4 Å². The van der Waals surface area contributed by atoms with Crippen molar-refractivity contribution in [3.8, 4) is 0 Å². The first-order valence-corrected chi connectivity index (χ1v) is 8.45. The van der Waals surface area contributed by atoms with E-state index in [-0.39, 0.29) is 0 Å². The summed E-state index contributed by atoms with van der Waals surface area (Å²) in [6.45, 7) is 5.44. The van der Waals surface area contributed by atoms with Crippen LogP contribution in [0.3, 0.4) is 0 Å². The molecule has 0 bridgehead atoms. The maximum atomic E-state index is 4.66. The molecule has 0 aliphatic carbocycles. The fourth-order valence-electron chi connectivity index (χ4n) is 3.46. The minimum Gasteiger partial charge on any atom is -0.317 e. The number of pyridine rings is 1. The summed E-state index contributed by atoms with van der Waals surface area (Å²) in [4.78, 5) is 7.13. The van der Waals surface area contributed by atoms with E-state index in [0.717, 1.165) is 29.6 Å². The molecule has 1 aromatic carbocycles. The number of hydrogen-bond donors (Lipinski definition) is 1. The van der Waals surface area contributed by atoms with Crippen molar-refractivity contribution in [2.45, 2.75) is 19.4 Å². The molecular weight excluding hydrogens is 326 g/mol. The van der Waals surface area contributed by atoms with Gasteiger partial charge in [-0.05, 0) is 56.7 Å². The summed E-state index contributed by atoms with van der Waals surface area (Å²) >= 11 is 3.65. The fraction of sp³-hybridized carbons (Fsp3) is 0.471. The van der Waals surface area contributed by atoms with Gasteiger partial charge in [-0.2, -0.15) is 0 Å². The van der Waals surface area contributed by atoms with Crippen LogP contribution < -0.4 is 5.32 Å². The fourth-order valence-corrected chi connectivity index (χ4v) is 3.91. The molecule has 3 nitrogen and oxygen atoms in total. The molecule has 21 heavy (non-hydrogen) atoms. The van der Waals surface area contributed by atoms with Crippen molar-refractivity contribution in [2.24, 2.45) is 5.92 Å². The minimum atomic E-state index is 0.453. The molecule has 0 amide bonds. The summed E-state index contributed by atoms with van der Waals surface area (Å²) in [6, 6.07) is 9.01. The molecule has 112 valence electrons. The Morgan fingerprint density at radius 2 is 2.24 bits per heavy atom. The van der Waals surface area contributed by atoms with Gasteiger partial charge in [0.1, 0.15) is 0 Å². The van der Waals surface area contributed by atoms with Gasteiger partial charge in [0.15, 0.2) is 0 Å². The molecule has 1 aliphatic rings. The van der Waals surface area contributed by atoms with Gasteiger partial charge in [0, 0.05) is 22.1 Å². The lowest BCUT2D eigenvalue weighted by molar-refractivity contribution is 0.274. The van der Waals surface area contributed by atoms with Gasteiger partial charge in [-0.15, -0.1) is 0 Å². The van der Waals surface area contributed by atoms with Crippen LogP contribution in [0, 0.1) is 5.92 Å². The summed E-state index contributed by atoms with van der Waals surface area (Å²) in [6.07, 6.45) is 3.14. The van der Waals surface area contributed by atoms with Gasteiger partial charge in [-0.1, -0.05) is 35.0 Å². The molecule has 1 fully saturated rings. The monoisotopic (exact) mass is 347 g/mol. The Morgan fingerprint density at radius 1 is 1.38 bits per heavy atom. The third-order valence-corrected chi connectivity index (χ3v) is 5.19. The highest BCUT2D eigenvalue weighted by atomic mass is 79.9. The molecule has 0 spiro atoms. The normalized spacial score (nSPS) is 23.0. The predicted molar refractivity (Wildman–Crippen MR) is 91.5 cm³/mol. The number of fused-ring (bicyclic) bond motifs is 1. The summed E-state index contributed by atoms with van der Waals surface area (Å²) in [5, 5.41) is 4.72. The minimum absolute atomic E-state index is 0.453. The first-order chi connectivity index (χ1) is 10.2. The van der Waals surface area contributed by atoms with Crippen molar-refractivity contribution in [1.82, 2.24) is 15.2 Å². The molecule has 3 rings (SSSR count). The predicted octanol–water partition coefficient (Wildman–Crippen LogP) is 3.60. The molecule has 0 radical (unpaired) electrons. The second kappa shape index (κ2) is 6.42. The Hall–Kier alpha value is -0.970. The topological polar surface area (TPSA) is 28.2 Å². The zero-order chi connectivity index (χ0) is 14.8. The lowest BCUT2D eigenvalue weighted by atomic mass is 9.92. The molecular formula is C17H22BrN3. The number of benzene rings is 1. The van der Waals surface area contributed by atoms with Gasteiger partial charge in [0.25, 0.3) is 0 Å². The van der Waals surface area contributed by atoms with Crippen LogP contribution in [0.5, 0.6) is 0 Å². The van der Waals surface area contributed by atoms with Crippen molar-refractivity contribution < 1.29 is 0 Å². The van der Waals surface area contributed by atoms with E-state index in [1.54, 1.807) is 0 Å². The Balaban J connectivity index is 2.04. The molecule has 1 saturated heterocycles. The summed E-state index contributed by atoms with van der Waals surface area (Å²) < 4.78 is 1.12. The van der Waals surface area contributed by atoms with Gasteiger partial charge >= 0.3 is 0 Å². The van der Waals surface area contributed by atoms with Crippen LogP contribution in [0.4, 0.5) is 0 Å². The number of rotatable bonds is 4. The Kier molecular flexibility index (Phi) is 4.57. The second-order valence-electron chi connectivity index (χ2n) is 5.82. The highest BCUT2D eigenvalue weighted by Crippen LogP contribution is 2.39. The highest BCUT2D eigenvalue weighted by molar-refractivity contribution is 9.10. The van der Waals surface area contributed by atoms with Crippen molar-refractivity contribution in [3.63, 3.8) is 0 Å². The molecule has 0 saturated carbocycles. The van der Waals surface area contributed by atoms with Gasteiger partial charge in [0.2, 0.25) is 0 Å². The first kappa shape index (κ1) is 14.9. The highest BCUT2D eigenvalue weighted by Gasteiger charge is 2.33. The van der Waals surface area contributed by atoms with Crippen molar-refractivity contribution in [3.05, 3.63) is 40.5 Å². The molecule has 2 heterocycles. The maximum Gasteiger partial charge on any atom is 0.0761 e. The first-order valence-electron chi connectivity index (χ1n) is 7.66. The van der Waals surface area contributed by atoms with Crippen LogP contribution in [0.25, 0.3) is 10.9 Å². The standard InChI is InChI=1S/C17H22BrN3/c1-3-19-11-12-8-10-21(2)17(12)14-6-7-15(18)13-5-4-9-20-16(13)14/h4-7,9,12,17,19H,3,8,10-11H2,1-2H3. The van der Waals surface area contributed by atoms with E-state index < -0.39 is 0 Å². The van der Waals surface area contributed by atoms with Gasteiger partial charge < -0.3 is 5.32 Å². The van der Waals surface area contributed by atoms with Crippen LogP contribution in [0.15, 0.2) is 34.9 Å². The van der Waals surface area contributed by atoms with E-state index in [2.05, 4.69) is 63.3 Å². The van der Waals surface area contributed by atoms with E-state index in [9.17, 15) is 0 Å². The number of hydrogen-bond acceptors (Lipinski definition) is 3. The van der Waals surface area contributed by atoms with E-state index in [4.69, 9.17) is 0 Å². The van der Waals surface area contributed by atoms with E-state index >= 15 is 0 Å². The summed E-state index contributed by atoms with van der Waals surface area (Å²) in [7, 11) is 2.23. The van der Waals surface area contributed by atoms with E-state index in [0.29, 0.717) is 12.0 Å². The molecule has 2 unspecified atom stereocenters. The van der Waals surface area contributed by atoms with Gasteiger partial charge in [0.05, 0.1) is 5.52 Å². The molecule has 2 aromatic rings. The SMILES string of the molecule is CCNCC1CCN(C)C1c1ccc(Br)c2cccnc12. The lowest BCUT2D eigenvalue weighted by Gasteiger charge is -2.26. The van der Waals surface area contributed by atoms with Crippen LogP contribution in [0.1, 0.15) is 24.9 Å². The second-order valence-corrected chi connectivity index (χ2v) is 6.67. The molecule has 1 N–H and O–H groups in total. The lowest BCUT2D eigenvalue weighted by Crippen LogP contribution is -2.28. The van der Waals surface area contributed by atoms with Gasteiger partial charge in [-0.25, -0.2) is 0 Å². The summed E-state index contributed by atoms with van der Waals surface area (Å²) in [5.41, 5.74) is 2.49. The van der Waals surface area contributed by atoms with Crippen molar-refractivity contribution >= 4 is 26.8 Å². The average Bonchev–Trinajstić information content (AvgIpc) is 2.87. The number of nitrogens with one attached hydrogen (secondary N) is 1. The van der Waals surface area contributed by atoms with Crippen molar-refractivity contribution in [2.75, 3.05) is 26.7 Å². The third-order valence-electron chi connectivity index (χ3n) is 4.50. The molecule has 2 atom stereocenters. The van der Waals surface area contributed by atoms with Crippen LogP contribution in [-0.2, 0) is 0 Å². The van der Waals surface area contributed by atoms with Gasteiger partial charge in [-0.3, -0.25) is 9.88 Å². The number of aromatic nitrogens is 1. The van der Waals surface area contributed by atoms with Crippen molar-refractivity contribution in [1.29, 1.82) is 0 Å². The zero-order valence-corrected chi connectivity index (χ0v) is 14.2. The maximum absolute atomic E-state index is 4.66. The third kappa shape index (κ3) is 2.85. The Morgan fingerprint density at radius 3 is 3.05 bits per heavy atom. The zero-order valence-electron chi connectivity index (χ0n) is 12.6.